The summed E-state index contributed by atoms with van der Waals surface area (Å²) in [6.07, 6.45) is 0. The first-order valence-electron chi connectivity index (χ1n) is 7.23. The maximum atomic E-state index is 11.6. The minimum atomic E-state index is -4.42. The Kier molecular flexibility index (Phi) is 6.30. The van der Waals surface area contributed by atoms with Crippen molar-refractivity contribution in [1.29, 1.82) is 0 Å². The highest BCUT2D eigenvalue weighted by molar-refractivity contribution is 7.86. The molecule has 0 fully saturated rings. The molecule has 3 N–H and O–H groups in total. The molecule has 0 atom stereocenters. The minimum absolute atomic E-state index is 0.0817. The van der Waals surface area contributed by atoms with E-state index < -0.39 is 10.1 Å². The van der Waals surface area contributed by atoms with Gasteiger partial charge in [-0.1, -0.05) is 17.7 Å². The van der Waals surface area contributed by atoms with E-state index >= 15 is 0 Å². The number of hydrogen-bond acceptors (Lipinski definition) is 5. The molecule has 0 aromatic heterocycles. The van der Waals surface area contributed by atoms with Crippen LogP contribution in [0.1, 0.15) is 5.56 Å². The Bertz CT molecular complexity index is 948. The third kappa shape index (κ3) is 4.76. The Hall–Kier alpha value is -2.07. The van der Waals surface area contributed by atoms with Gasteiger partial charge in [0.25, 0.3) is 10.1 Å². The van der Waals surface area contributed by atoms with E-state index in [-0.39, 0.29) is 15.7 Å². The van der Waals surface area contributed by atoms with Crippen molar-refractivity contribution in [3.05, 3.63) is 40.9 Å². The van der Waals surface area contributed by atoms with Crippen molar-refractivity contribution in [3.63, 3.8) is 0 Å². The zero-order valence-electron chi connectivity index (χ0n) is 14.2. The molecule has 0 heterocycles. The first kappa shape index (κ1) is 20.2. The SMILES string of the molecule is COc1cc(OC)c(NC(=S)Nc2ccc(C)cc2S(=O)(=O)O)cc1Cl. The molecule has 10 heteroatoms. The standard InChI is InChI=1S/C16H17ClN2O5S2/c1-9-4-5-11(15(6-9)26(20,21)22)18-16(25)19-12-7-10(17)13(23-2)8-14(12)24-3/h4-8H,1-3H3,(H2,18,19,25)(H,20,21,22). The van der Waals surface area contributed by atoms with Crippen LogP contribution < -0.4 is 20.1 Å². The van der Waals surface area contributed by atoms with Gasteiger partial charge in [-0.05, 0) is 42.9 Å². The van der Waals surface area contributed by atoms with Gasteiger partial charge < -0.3 is 20.1 Å². The van der Waals surface area contributed by atoms with Crippen molar-refractivity contribution in [2.45, 2.75) is 11.8 Å². The average Bonchev–Trinajstić information content (AvgIpc) is 2.55. The largest absolute Gasteiger partial charge is 0.495 e. The second-order valence-electron chi connectivity index (χ2n) is 5.24. The highest BCUT2D eigenvalue weighted by Crippen LogP contribution is 2.36. The Morgan fingerprint density at radius 2 is 1.69 bits per heavy atom. The van der Waals surface area contributed by atoms with Crippen molar-refractivity contribution in [2.75, 3.05) is 24.9 Å². The molecule has 7 nitrogen and oxygen atoms in total. The van der Waals surface area contributed by atoms with E-state index in [0.29, 0.717) is 27.8 Å². The van der Waals surface area contributed by atoms with Gasteiger partial charge in [0.15, 0.2) is 5.11 Å². The summed E-state index contributed by atoms with van der Waals surface area (Å²) in [5.74, 6) is 0.856. The molecule has 0 saturated carbocycles. The fraction of sp³-hybridized carbons (Fsp3) is 0.188. The molecule has 140 valence electrons. The molecular weight excluding hydrogens is 400 g/mol. The number of anilines is 2. The number of rotatable bonds is 5. The number of thiocarbonyl (C=S) groups is 1. The van der Waals surface area contributed by atoms with Gasteiger partial charge in [-0.3, -0.25) is 4.55 Å². The molecule has 0 aliphatic carbocycles. The maximum absolute atomic E-state index is 11.6. The normalized spacial score (nSPS) is 11.0. The summed E-state index contributed by atoms with van der Waals surface area (Å²) in [5.41, 5.74) is 1.26. The van der Waals surface area contributed by atoms with Gasteiger partial charge in [-0.15, -0.1) is 0 Å². The molecule has 0 radical (unpaired) electrons. The Balaban J connectivity index is 2.29. The topological polar surface area (TPSA) is 96.9 Å². The maximum Gasteiger partial charge on any atom is 0.296 e. The van der Waals surface area contributed by atoms with Gasteiger partial charge in [0.2, 0.25) is 0 Å². The van der Waals surface area contributed by atoms with Crippen LogP contribution in [0.2, 0.25) is 5.02 Å². The number of benzene rings is 2. The molecule has 0 aliphatic rings. The molecule has 2 aromatic carbocycles. The lowest BCUT2D eigenvalue weighted by atomic mass is 10.2. The molecule has 0 amide bonds. The monoisotopic (exact) mass is 416 g/mol. The van der Waals surface area contributed by atoms with Crippen LogP contribution in [0, 0.1) is 6.92 Å². The molecule has 0 spiro atoms. The number of nitrogens with one attached hydrogen (secondary N) is 2. The van der Waals surface area contributed by atoms with Crippen LogP contribution in [0.3, 0.4) is 0 Å². The number of hydrogen-bond donors (Lipinski definition) is 3. The summed E-state index contributed by atoms with van der Waals surface area (Å²) in [4.78, 5) is -0.277. The number of ether oxygens (including phenoxy) is 2. The van der Waals surface area contributed by atoms with Crippen molar-refractivity contribution in [1.82, 2.24) is 0 Å². The fourth-order valence-electron chi connectivity index (χ4n) is 2.18. The van der Waals surface area contributed by atoms with E-state index in [1.165, 1.54) is 26.4 Å². The van der Waals surface area contributed by atoms with Crippen LogP contribution in [0.5, 0.6) is 11.5 Å². The van der Waals surface area contributed by atoms with Crippen molar-refractivity contribution < 1.29 is 22.4 Å². The van der Waals surface area contributed by atoms with Crippen molar-refractivity contribution >= 4 is 50.4 Å². The lowest BCUT2D eigenvalue weighted by molar-refractivity contribution is 0.396. The van der Waals surface area contributed by atoms with Crippen LogP contribution in [0.25, 0.3) is 0 Å². The zero-order valence-corrected chi connectivity index (χ0v) is 16.6. The quantitative estimate of drug-likeness (QED) is 0.501. The van der Waals surface area contributed by atoms with E-state index in [1.54, 1.807) is 25.1 Å². The number of aryl methyl sites for hydroxylation is 1. The van der Waals surface area contributed by atoms with Crippen LogP contribution in [0.4, 0.5) is 11.4 Å². The summed E-state index contributed by atoms with van der Waals surface area (Å²) >= 11 is 11.3. The van der Waals surface area contributed by atoms with E-state index in [2.05, 4.69) is 10.6 Å². The third-order valence-electron chi connectivity index (χ3n) is 3.39. The average molecular weight is 417 g/mol. The van der Waals surface area contributed by atoms with Gasteiger partial charge in [-0.2, -0.15) is 8.42 Å². The Morgan fingerprint density at radius 3 is 2.27 bits per heavy atom. The van der Waals surface area contributed by atoms with Crippen molar-refractivity contribution in [2.24, 2.45) is 0 Å². The van der Waals surface area contributed by atoms with Crippen LogP contribution in [-0.2, 0) is 10.1 Å². The Morgan fingerprint density at radius 1 is 1.08 bits per heavy atom. The van der Waals surface area contributed by atoms with Gasteiger partial charge in [0.1, 0.15) is 16.4 Å². The number of methoxy groups -OCH3 is 2. The predicted molar refractivity (Wildman–Crippen MR) is 105 cm³/mol. The Labute approximate surface area is 162 Å². The second-order valence-corrected chi connectivity index (χ2v) is 7.45. The van der Waals surface area contributed by atoms with E-state index in [0.717, 1.165) is 0 Å². The van der Waals surface area contributed by atoms with E-state index in [1.807, 2.05) is 0 Å². The third-order valence-corrected chi connectivity index (χ3v) is 4.78. The molecule has 2 rings (SSSR count). The summed E-state index contributed by atoms with van der Waals surface area (Å²) in [6.45, 7) is 1.71. The molecule has 0 unspecified atom stereocenters. The fourth-order valence-corrected chi connectivity index (χ4v) is 3.37. The first-order valence-corrected chi connectivity index (χ1v) is 9.46. The molecule has 2 aromatic rings. The van der Waals surface area contributed by atoms with Gasteiger partial charge in [0, 0.05) is 6.07 Å². The van der Waals surface area contributed by atoms with Gasteiger partial charge in [0.05, 0.1) is 30.6 Å². The minimum Gasteiger partial charge on any atom is -0.495 e. The van der Waals surface area contributed by atoms with E-state index in [4.69, 9.17) is 33.3 Å². The van der Waals surface area contributed by atoms with Gasteiger partial charge >= 0.3 is 0 Å². The van der Waals surface area contributed by atoms with Crippen LogP contribution >= 0.6 is 23.8 Å². The van der Waals surface area contributed by atoms with Crippen molar-refractivity contribution in [3.8, 4) is 11.5 Å². The van der Waals surface area contributed by atoms with Crippen LogP contribution in [-0.4, -0.2) is 32.3 Å². The highest BCUT2D eigenvalue weighted by Gasteiger charge is 2.17. The predicted octanol–water partition coefficient (Wildman–Crippen LogP) is 3.72. The lowest BCUT2D eigenvalue weighted by Gasteiger charge is -2.16. The zero-order chi connectivity index (χ0) is 19.5. The molecular formula is C16H17ClN2O5S2. The summed E-state index contributed by atoms with van der Waals surface area (Å²) in [7, 11) is -1.46. The smallest absolute Gasteiger partial charge is 0.296 e. The summed E-state index contributed by atoms with van der Waals surface area (Å²) in [5, 5.41) is 6.04. The lowest BCUT2D eigenvalue weighted by Crippen LogP contribution is -2.21. The highest BCUT2D eigenvalue weighted by atomic mass is 35.5. The van der Waals surface area contributed by atoms with Gasteiger partial charge in [-0.25, -0.2) is 0 Å². The number of halogens is 1. The van der Waals surface area contributed by atoms with E-state index in [9.17, 15) is 13.0 Å². The molecule has 0 saturated heterocycles. The first-order chi connectivity index (χ1) is 12.2. The second kappa shape index (κ2) is 8.09. The molecule has 26 heavy (non-hydrogen) atoms. The summed E-state index contributed by atoms with van der Waals surface area (Å²) < 4.78 is 42.9. The molecule has 0 bridgehead atoms. The molecule has 0 aliphatic heterocycles. The van der Waals surface area contributed by atoms with Crippen LogP contribution in [0.15, 0.2) is 35.2 Å². The summed E-state index contributed by atoms with van der Waals surface area (Å²) in [6, 6.07) is 7.68.